The molecular weight excluding hydrogens is 652 g/mol. The van der Waals surface area contributed by atoms with E-state index in [0.29, 0.717) is 21.2 Å². The van der Waals surface area contributed by atoms with Gasteiger partial charge < -0.3 is 25.0 Å². The summed E-state index contributed by atoms with van der Waals surface area (Å²) in [6.07, 6.45) is 2.92. The normalized spacial score (nSPS) is 17.1. The van der Waals surface area contributed by atoms with E-state index in [1.807, 2.05) is 0 Å². The van der Waals surface area contributed by atoms with Gasteiger partial charge in [0, 0.05) is 27.7 Å². The van der Waals surface area contributed by atoms with E-state index in [1.165, 1.54) is 6.21 Å². The van der Waals surface area contributed by atoms with Crippen molar-refractivity contribution in [2.45, 2.75) is 18.3 Å². The fraction of sp³-hybridized carbons (Fsp3) is 0.129. The summed E-state index contributed by atoms with van der Waals surface area (Å²) in [6.45, 7) is 0. The topological polar surface area (TPSA) is 208 Å². The second kappa shape index (κ2) is 9.69. The SMILES string of the molecule is COc1cc(=O)c2c(=O)c3c(c(=O)c=2c1=O)=C(O)[C@]1(CCc2c1c(O)c1c(=O)[nH]c(C=NNc4ccccn4)cc1c2Br)C=3O. The first-order chi connectivity index (χ1) is 21.5. The van der Waals surface area contributed by atoms with E-state index in [4.69, 9.17) is 4.74 Å². The monoisotopic (exact) mass is 670 g/mol. The number of hydrogen-bond acceptors (Lipinski definition) is 12. The predicted octanol–water partition coefficient (Wildman–Crippen LogP) is 0.117. The van der Waals surface area contributed by atoms with Gasteiger partial charge in [0.05, 0.1) is 45.3 Å². The molecule has 0 bridgehead atoms. The minimum absolute atomic E-state index is 0.0954. The van der Waals surface area contributed by atoms with Crippen molar-refractivity contribution in [1.82, 2.24) is 9.97 Å². The van der Waals surface area contributed by atoms with Crippen LogP contribution in [0.25, 0.3) is 22.3 Å². The van der Waals surface area contributed by atoms with Crippen LogP contribution in [0.5, 0.6) is 11.5 Å². The first kappa shape index (κ1) is 28.2. The van der Waals surface area contributed by atoms with Crippen molar-refractivity contribution in [3.63, 3.8) is 0 Å². The Morgan fingerprint density at radius 3 is 2.38 bits per heavy atom. The summed E-state index contributed by atoms with van der Waals surface area (Å²) >= 11 is 3.51. The summed E-state index contributed by atoms with van der Waals surface area (Å²) in [5.74, 6) is -2.14. The Hall–Kier alpha value is -5.63. The first-order valence-electron chi connectivity index (χ1n) is 13.4. The van der Waals surface area contributed by atoms with Gasteiger partial charge in [0.15, 0.2) is 11.2 Å². The highest BCUT2D eigenvalue weighted by molar-refractivity contribution is 9.10. The number of rotatable bonds is 4. The fourth-order valence-electron chi connectivity index (χ4n) is 6.48. The number of aliphatic hydroxyl groups is 2. The number of ether oxygens (including phenoxy) is 1. The van der Waals surface area contributed by atoms with Gasteiger partial charge in [0.1, 0.15) is 28.5 Å². The lowest BCUT2D eigenvalue weighted by Crippen LogP contribution is -2.51. The molecule has 0 aliphatic heterocycles. The highest BCUT2D eigenvalue weighted by Gasteiger charge is 2.53. The molecule has 224 valence electrons. The zero-order valence-electron chi connectivity index (χ0n) is 23.0. The number of phenols is 1. The van der Waals surface area contributed by atoms with Gasteiger partial charge in [-0.15, -0.1) is 0 Å². The second-order valence-corrected chi connectivity index (χ2v) is 11.4. The molecule has 45 heavy (non-hydrogen) atoms. The number of aromatic nitrogens is 2. The number of nitrogens with one attached hydrogen (secondary N) is 2. The lowest BCUT2D eigenvalue weighted by molar-refractivity contribution is 0.362. The zero-order valence-corrected chi connectivity index (χ0v) is 24.6. The Balaban J connectivity index is 1.50. The van der Waals surface area contributed by atoms with Crippen molar-refractivity contribution in [2.75, 3.05) is 12.5 Å². The van der Waals surface area contributed by atoms with Crippen LogP contribution in [-0.2, 0) is 11.8 Å². The van der Waals surface area contributed by atoms with Crippen LogP contribution in [0.15, 0.2) is 70.1 Å². The molecule has 3 aromatic rings. The van der Waals surface area contributed by atoms with Gasteiger partial charge in [-0.1, -0.05) is 6.07 Å². The predicted molar refractivity (Wildman–Crippen MR) is 166 cm³/mol. The Bertz CT molecular complexity index is 2670. The largest absolute Gasteiger partial charge is 0.510 e. The number of methoxy groups -OCH3 is 1. The fourth-order valence-corrected chi connectivity index (χ4v) is 7.19. The first-order valence-corrected chi connectivity index (χ1v) is 14.2. The van der Waals surface area contributed by atoms with E-state index in [1.54, 1.807) is 30.5 Å². The third-order valence-corrected chi connectivity index (χ3v) is 9.33. The number of aromatic amines is 1. The average Bonchev–Trinajstić information content (AvgIpc) is 3.53. The Morgan fingerprint density at radius 1 is 1.00 bits per heavy atom. The molecule has 1 spiro atoms. The van der Waals surface area contributed by atoms with Gasteiger partial charge in [-0.2, -0.15) is 5.10 Å². The Morgan fingerprint density at radius 2 is 1.71 bits per heavy atom. The number of aromatic hydroxyl groups is 1. The summed E-state index contributed by atoms with van der Waals surface area (Å²) in [4.78, 5) is 73.1. The third-order valence-electron chi connectivity index (χ3n) is 8.43. The van der Waals surface area contributed by atoms with Gasteiger partial charge in [-0.25, -0.2) is 4.98 Å². The molecule has 0 saturated carbocycles. The molecule has 13 nitrogen and oxygen atoms in total. The van der Waals surface area contributed by atoms with Gasteiger partial charge in [-0.05, 0) is 52.5 Å². The summed E-state index contributed by atoms with van der Waals surface area (Å²) in [5, 5.41) is 36.2. The van der Waals surface area contributed by atoms with Crippen molar-refractivity contribution in [1.29, 1.82) is 0 Å². The van der Waals surface area contributed by atoms with Crippen LogP contribution in [0.3, 0.4) is 0 Å². The highest BCUT2D eigenvalue weighted by Crippen LogP contribution is 2.56. The van der Waals surface area contributed by atoms with Crippen LogP contribution in [0.4, 0.5) is 5.82 Å². The summed E-state index contributed by atoms with van der Waals surface area (Å²) in [5.41, 5.74) is -3.70. The molecule has 5 N–H and O–H groups in total. The van der Waals surface area contributed by atoms with Crippen molar-refractivity contribution < 1.29 is 20.1 Å². The molecule has 14 heteroatoms. The maximum atomic E-state index is 13.7. The molecule has 0 saturated heterocycles. The molecule has 0 amide bonds. The van der Waals surface area contributed by atoms with E-state index < -0.39 is 76.6 Å². The van der Waals surface area contributed by atoms with Crippen LogP contribution >= 0.6 is 15.9 Å². The van der Waals surface area contributed by atoms with E-state index in [0.717, 1.165) is 13.2 Å². The number of hydrazone groups is 1. The van der Waals surface area contributed by atoms with Crippen molar-refractivity contribution >= 4 is 50.3 Å². The maximum Gasteiger partial charge on any atom is 0.260 e. The van der Waals surface area contributed by atoms with Crippen molar-refractivity contribution in [3.8, 4) is 11.5 Å². The molecule has 0 radical (unpaired) electrons. The second-order valence-electron chi connectivity index (χ2n) is 10.6. The molecule has 2 aromatic heterocycles. The smallest absolute Gasteiger partial charge is 0.260 e. The van der Waals surface area contributed by atoms with E-state index in [9.17, 15) is 39.3 Å². The van der Waals surface area contributed by atoms with Crippen LogP contribution in [0.2, 0.25) is 0 Å². The highest BCUT2D eigenvalue weighted by atomic mass is 79.9. The quantitative estimate of drug-likeness (QED) is 0.128. The van der Waals surface area contributed by atoms with Crippen LogP contribution in [0.1, 0.15) is 23.2 Å². The number of fused-ring (bicyclic) bond motifs is 4. The maximum absolute atomic E-state index is 13.7. The lowest BCUT2D eigenvalue weighted by atomic mass is 9.78. The molecule has 2 heterocycles. The number of H-pyrrole nitrogens is 1. The number of aliphatic hydroxyl groups excluding tert-OH is 2. The number of benzene rings is 1. The summed E-state index contributed by atoms with van der Waals surface area (Å²) in [6, 6.07) is 7.54. The molecule has 1 atom stereocenters. The number of halogens is 1. The third kappa shape index (κ3) is 3.62. The van der Waals surface area contributed by atoms with Gasteiger partial charge in [0.2, 0.25) is 16.3 Å². The Labute approximate surface area is 257 Å². The summed E-state index contributed by atoms with van der Waals surface area (Å²) in [7, 11) is 1.12. The van der Waals surface area contributed by atoms with Crippen molar-refractivity contribution in [3.05, 3.63) is 130 Å². The van der Waals surface area contributed by atoms with Crippen LogP contribution < -0.4 is 47.9 Å². The molecule has 4 aliphatic rings. The molecule has 1 aromatic carbocycles. The molecular formula is C31H19BrN4O9. The Kier molecular flexibility index (Phi) is 6.06. The van der Waals surface area contributed by atoms with Crippen LogP contribution in [0, 0.1) is 10.4 Å². The van der Waals surface area contributed by atoms with E-state index in [2.05, 4.69) is 36.4 Å². The lowest BCUT2D eigenvalue weighted by Gasteiger charge is -2.27. The number of phenolic OH excluding ortho intramolecular Hbond substituents is 1. The molecule has 4 aliphatic carbocycles. The van der Waals surface area contributed by atoms with Crippen molar-refractivity contribution in [2.24, 2.45) is 5.10 Å². The van der Waals surface area contributed by atoms with Gasteiger partial charge >= 0.3 is 0 Å². The van der Waals surface area contributed by atoms with E-state index in [-0.39, 0.29) is 29.5 Å². The molecule has 7 rings (SSSR count). The number of nitrogens with zero attached hydrogens (tertiary/aromatic N) is 2. The van der Waals surface area contributed by atoms with E-state index >= 15 is 0 Å². The molecule has 0 fully saturated rings. The number of anilines is 1. The minimum Gasteiger partial charge on any atom is -0.510 e. The standard InChI is InChI=1S/C31H19BrN4O9/c1-45-15-9-14(37)18-19(24(15)38)26(40)21-20(25(18)39)28(42)31(29(21)43)6-5-12-22(31)27(41)17-13(23(12)32)8-11(35-30(17)44)10-34-36-16-4-2-3-7-33-16/h2-4,7-10,41-43H,5-6H2,1H3,(H,33,36)(H,35,44)/t31-/m0/s1. The number of pyridine rings is 2. The van der Waals surface area contributed by atoms with Gasteiger partial charge in [0.25, 0.3) is 5.56 Å². The van der Waals surface area contributed by atoms with Crippen LogP contribution in [-0.4, -0.2) is 38.6 Å². The average molecular weight is 671 g/mol. The minimum atomic E-state index is -2.01. The zero-order chi connectivity index (χ0) is 31.9. The molecule has 0 unspecified atom stereocenters. The number of hydrogen-bond donors (Lipinski definition) is 5. The summed E-state index contributed by atoms with van der Waals surface area (Å²) < 4.78 is 5.27. The van der Waals surface area contributed by atoms with Gasteiger partial charge in [-0.3, -0.25) is 29.4 Å².